The fraction of sp³-hybridized carbons (Fsp3) is 0.917. The van der Waals surface area contributed by atoms with Crippen LogP contribution in [0.15, 0.2) is 0 Å². The van der Waals surface area contributed by atoms with Crippen molar-refractivity contribution in [2.45, 2.75) is 38.6 Å². The van der Waals surface area contributed by atoms with Crippen LogP contribution in [0.2, 0.25) is 0 Å². The van der Waals surface area contributed by atoms with Gasteiger partial charge in [-0.2, -0.15) is 11.8 Å². The Morgan fingerprint density at radius 3 is 2.60 bits per heavy atom. The van der Waals surface area contributed by atoms with Crippen molar-refractivity contribution in [1.82, 2.24) is 5.32 Å². The third-order valence-electron chi connectivity index (χ3n) is 3.68. The molecule has 1 aliphatic heterocycles. The molecule has 15 heavy (non-hydrogen) atoms. The van der Waals surface area contributed by atoms with Crippen LogP contribution < -0.4 is 5.32 Å². The molecule has 1 heterocycles. The van der Waals surface area contributed by atoms with E-state index in [1.807, 2.05) is 11.8 Å². The Labute approximate surface area is 96.6 Å². The maximum Gasteiger partial charge on any atom is 0.153 e. The molecule has 0 radical (unpaired) electrons. The number of ketones is 1. The van der Waals surface area contributed by atoms with E-state index in [1.54, 1.807) is 0 Å². The standard InChI is InChI=1S/C12H21NOS/c1-9-2-4-10(5-3-9)12(14)11-8-15-7-6-13-11/h9-11,13H,2-8H2,1H3. The van der Waals surface area contributed by atoms with Crippen LogP contribution in [-0.2, 0) is 4.79 Å². The van der Waals surface area contributed by atoms with Gasteiger partial charge in [-0.25, -0.2) is 0 Å². The predicted molar refractivity (Wildman–Crippen MR) is 65.2 cm³/mol. The molecule has 2 rings (SSSR count). The number of carbonyl (C=O) groups excluding carboxylic acids is 1. The Morgan fingerprint density at radius 1 is 1.27 bits per heavy atom. The van der Waals surface area contributed by atoms with E-state index in [0.717, 1.165) is 36.8 Å². The summed E-state index contributed by atoms with van der Waals surface area (Å²) >= 11 is 1.91. The molecule has 0 amide bonds. The summed E-state index contributed by atoms with van der Waals surface area (Å²) < 4.78 is 0. The van der Waals surface area contributed by atoms with Gasteiger partial charge in [0, 0.05) is 24.0 Å². The van der Waals surface area contributed by atoms with E-state index in [2.05, 4.69) is 12.2 Å². The number of hydrogen-bond acceptors (Lipinski definition) is 3. The molecule has 2 fully saturated rings. The van der Waals surface area contributed by atoms with Crippen LogP contribution in [0, 0.1) is 11.8 Å². The highest BCUT2D eigenvalue weighted by atomic mass is 32.2. The first kappa shape index (κ1) is 11.5. The molecule has 1 N–H and O–H groups in total. The Bertz CT molecular complexity index is 218. The minimum atomic E-state index is 0.155. The van der Waals surface area contributed by atoms with Gasteiger partial charge in [-0.3, -0.25) is 4.79 Å². The lowest BCUT2D eigenvalue weighted by Gasteiger charge is -2.30. The zero-order chi connectivity index (χ0) is 10.7. The predicted octanol–water partition coefficient (Wildman–Crippen LogP) is 2.09. The van der Waals surface area contributed by atoms with E-state index in [9.17, 15) is 4.79 Å². The van der Waals surface area contributed by atoms with Gasteiger partial charge in [-0.05, 0) is 18.8 Å². The van der Waals surface area contributed by atoms with E-state index in [-0.39, 0.29) is 6.04 Å². The summed E-state index contributed by atoms with van der Waals surface area (Å²) in [6.07, 6.45) is 4.75. The molecule has 0 bridgehead atoms. The van der Waals surface area contributed by atoms with Crippen molar-refractivity contribution < 1.29 is 4.79 Å². The summed E-state index contributed by atoms with van der Waals surface area (Å²) in [5.41, 5.74) is 0. The largest absolute Gasteiger partial charge is 0.306 e. The van der Waals surface area contributed by atoms with Crippen LogP contribution in [0.5, 0.6) is 0 Å². The number of rotatable bonds is 2. The summed E-state index contributed by atoms with van der Waals surface area (Å²) in [5.74, 6) is 3.84. The average molecular weight is 227 g/mol. The lowest BCUT2D eigenvalue weighted by Crippen LogP contribution is -2.46. The van der Waals surface area contributed by atoms with Gasteiger partial charge in [0.1, 0.15) is 0 Å². The second kappa shape index (κ2) is 5.35. The van der Waals surface area contributed by atoms with Crippen LogP contribution in [0.3, 0.4) is 0 Å². The SMILES string of the molecule is CC1CCC(C(=O)C2CSCCN2)CC1. The summed E-state index contributed by atoms with van der Waals surface area (Å²) in [6, 6.07) is 0.155. The Kier molecular flexibility index (Phi) is 4.09. The van der Waals surface area contributed by atoms with Gasteiger partial charge in [-0.15, -0.1) is 0 Å². The highest BCUT2D eigenvalue weighted by Crippen LogP contribution is 2.30. The molecule has 0 aromatic rings. The fourth-order valence-electron chi connectivity index (χ4n) is 2.58. The molecule has 1 saturated heterocycles. The first-order valence-electron chi connectivity index (χ1n) is 6.12. The van der Waals surface area contributed by atoms with Crippen LogP contribution in [0.25, 0.3) is 0 Å². The van der Waals surface area contributed by atoms with Gasteiger partial charge >= 0.3 is 0 Å². The van der Waals surface area contributed by atoms with Gasteiger partial charge in [-0.1, -0.05) is 19.8 Å². The maximum atomic E-state index is 12.2. The third-order valence-corrected chi connectivity index (χ3v) is 4.75. The van der Waals surface area contributed by atoms with Crippen LogP contribution >= 0.6 is 11.8 Å². The first-order chi connectivity index (χ1) is 7.27. The normalized spacial score (nSPS) is 37.5. The number of carbonyl (C=O) groups is 1. The van der Waals surface area contributed by atoms with Gasteiger partial charge < -0.3 is 5.32 Å². The minimum Gasteiger partial charge on any atom is -0.306 e. The molecule has 0 spiro atoms. The lowest BCUT2D eigenvalue weighted by molar-refractivity contribution is -0.125. The van der Waals surface area contributed by atoms with Crippen molar-refractivity contribution in [3.63, 3.8) is 0 Å². The summed E-state index contributed by atoms with van der Waals surface area (Å²) in [6.45, 7) is 3.31. The van der Waals surface area contributed by atoms with Crippen LogP contribution in [0.4, 0.5) is 0 Å². The van der Waals surface area contributed by atoms with Crippen molar-refractivity contribution in [1.29, 1.82) is 0 Å². The van der Waals surface area contributed by atoms with Gasteiger partial charge in [0.05, 0.1) is 6.04 Å². The highest BCUT2D eigenvalue weighted by Gasteiger charge is 2.30. The first-order valence-corrected chi connectivity index (χ1v) is 7.27. The maximum absolute atomic E-state index is 12.2. The van der Waals surface area contributed by atoms with Crippen molar-refractivity contribution in [3.05, 3.63) is 0 Å². The van der Waals surface area contributed by atoms with E-state index >= 15 is 0 Å². The molecule has 2 nitrogen and oxygen atoms in total. The van der Waals surface area contributed by atoms with Crippen LogP contribution in [-0.4, -0.2) is 29.9 Å². The Hall–Kier alpha value is -0.0200. The quantitative estimate of drug-likeness (QED) is 0.783. The number of hydrogen-bond donors (Lipinski definition) is 1. The molecule has 2 aliphatic rings. The topological polar surface area (TPSA) is 29.1 Å². The van der Waals surface area contributed by atoms with Crippen molar-refractivity contribution >= 4 is 17.5 Å². The molecule has 3 heteroatoms. The Morgan fingerprint density at radius 2 is 2.00 bits per heavy atom. The minimum absolute atomic E-state index is 0.155. The third kappa shape index (κ3) is 2.97. The monoisotopic (exact) mass is 227 g/mol. The molecule has 0 aromatic carbocycles. The van der Waals surface area contributed by atoms with E-state index in [0.29, 0.717) is 11.7 Å². The number of nitrogens with one attached hydrogen (secondary N) is 1. The molecule has 1 aliphatic carbocycles. The van der Waals surface area contributed by atoms with E-state index < -0.39 is 0 Å². The average Bonchev–Trinajstić information content (AvgIpc) is 2.30. The van der Waals surface area contributed by atoms with Crippen molar-refractivity contribution in [2.24, 2.45) is 11.8 Å². The fourth-order valence-corrected chi connectivity index (χ4v) is 3.52. The number of Topliss-reactive ketones (excluding diaryl/α,β-unsaturated/α-hetero) is 1. The molecular weight excluding hydrogens is 206 g/mol. The second-order valence-electron chi connectivity index (χ2n) is 4.94. The van der Waals surface area contributed by atoms with Gasteiger partial charge in [0.15, 0.2) is 5.78 Å². The summed E-state index contributed by atoms with van der Waals surface area (Å²) in [7, 11) is 0. The van der Waals surface area contributed by atoms with Crippen molar-refractivity contribution in [2.75, 3.05) is 18.1 Å². The second-order valence-corrected chi connectivity index (χ2v) is 6.09. The Balaban J connectivity index is 1.84. The zero-order valence-corrected chi connectivity index (χ0v) is 10.3. The molecule has 1 unspecified atom stereocenters. The molecule has 86 valence electrons. The molecular formula is C12H21NOS. The summed E-state index contributed by atoms with van der Waals surface area (Å²) in [4.78, 5) is 12.2. The van der Waals surface area contributed by atoms with Gasteiger partial charge in [0.2, 0.25) is 0 Å². The zero-order valence-electron chi connectivity index (χ0n) is 9.50. The highest BCUT2D eigenvalue weighted by molar-refractivity contribution is 7.99. The van der Waals surface area contributed by atoms with Gasteiger partial charge in [0.25, 0.3) is 0 Å². The molecule has 1 atom stereocenters. The van der Waals surface area contributed by atoms with Crippen molar-refractivity contribution in [3.8, 4) is 0 Å². The molecule has 1 saturated carbocycles. The number of thioether (sulfide) groups is 1. The van der Waals surface area contributed by atoms with Crippen LogP contribution in [0.1, 0.15) is 32.6 Å². The smallest absolute Gasteiger partial charge is 0.153 e. The van der Waals surface area contributed by atoms with E-state index in [4.69, 9.17) is 0 Å². The summed E-state index contributed by atoms with van der Waals surface area (Å²) in [5, 5.41) is 3.36. The lowest BCUT2D eigenvalue weighted by atomic mass is 9.79. The molecule has 0 aromatic heterocycles. The van der Waals surface area contributed by atoms with E-state index in [1.165, 1.54) is 12.8 Å².